The molecule has 3 nitrogen and oxygen atoms in total. The zero-order valence-corrected chi connectivity index (χ0v) is 11.6. The summed E-state index contributed by atoms with van der Waals surface area (Å²) in [5.74, 6) is 0. The van der Waals surface area contributed by atoms with Crippen LogP contribution in [0.15, 0.2) is 18.2 Å². The van der Waals surface area contributed by atoms with Gasteiger partial charge in [0.2, 0.25) is 0 Å². The number of aromatic nitrogens is 2. The van der Waals surface area contributed by atoms with Gasteiger partial charge in [-0.3, -0.25) is 0 Å². The van der Waals surface area contributed by atoms with Crippen molar-refractivity contribution < 1.29 is 0 Å². The Morgan fingerprint density at radius 3 is 2.82 bits per heavy atom. The van der Waals surface area contributed by atoms with Crippen molar-refractivity contribution >= 4 is 22.9 Å². The molecular weight excluding hydrogens is 254 g/mol. The highest BCUT2D eigenvalue weighted by Crippen LogP contribution is 2.33. The van der Waals surface area contributed by atoms with Gasteiger partial charge in [-0.2, -0.15) is 0 Å². The maximum Gasteiger partial charge on any atom is 0.149 e. The van der Waals surface area contributed by atoms with Crippen LogP contribution in [0.3, 0.4) is 0 Å². The highest BCUT2D eigenvalue weighted by Gasteiger charge is 2.14. The Hall–Kier alpha value is -0.970. The van der Waals surface area contributed by atoms with Crippen LogP contribution in [-0.2, 0) is 0 Å². The summed E-state index contributed by atoms with van der Waals surface area (Å²) in [4.78, 5) is 0. The fourth-order valence-corrected chi connectivity index (χ4v) is 2.66. The monoisotopic (exact) mass is 267 g/mol. The van der Waals surface area contributed by atoms with E-state index < -0.39 is 0 Å². The standard InChI is InChI=1S/C12H14ClN3S/c1-7-5-4-6-9(10(7)13)12-16-15-11(17-12)8(2)14-3/h4-6,8,14H,1-3H3. The summed E-state index contributed by atoms with van der Waals surface area (Å²) in [7, 11) is 1.91. The van der Waals surface area contributed by atoms with Gasteiger partial charge in [0.15, 0.2) is 0 Å². The van der Waals surface area contributed by atoms with Crippen LogP contribution in [0.5, 0.6) is 0 Å². The van der Waals surface area contributed by atoms with Gasteiger partial charge in [-0.1, -0.05) is 41.1 Å². The van der Waals surface area contributed by atoms with E-state index in [0.717, 1.165) is 26.2 Å². The first-order valence-electron chi connectivity index (χ1n) is 5.39. The molecule has 0 radical (unpaired) electrons. The van der Waals surface area contributed by atoms with E-state index in [1.807, 2.05) is 32.2 Å². The minimum absolute atomic E-state index is 0.213. The lowest BCUT2D eigenvalue weighted by Crippen LogP contribution is -2.11. The molecule has 1 unspecified atom stereocenters. The van der Waals surface area contributed by atoms with E-state index in [9.17, 15) is 0 Å². The molecule has 1 aromatic heterocycles. The van der Waals surface area contributed by atoms with Crippen molar-refractivity contribution in [3.8, 4) is 10.6 Å². The second-order valence-corrected chi connectivity index (χ2v) is 5.28. The molecule has 90 valence electrons. The molecule has 1 heterocycles. The number of hydrogen-bond acceptors (Lipinski definition) is 4. The molecule has 2 aromatic rings. The summed E-state index contributed by atoms with van der Waals surface area (Å²) >= 11 is 7.85. The van der Waals surface area contributed by atoms with Crippen molar-refractivity contribution in [1.82, 2.24) is 15.5 Å². The predicted molar refractivity (Wildman–Crippen MR) is 72.6 cm³/mol. The van der Waals surface area contributed by atoms with E-state index >= 15 is 0 Å². The molecule has 0 aliphatic rings. The van der Waals surface area contributed by atoms with E-state index in [1.165, 1.54) is 0 Å². The van der Waals surface area contributed by atoms with Gasteiger partial charge in [0.05, 0.1) is 11.1 Å². The summed E-state index contributed by atoms with van der Waals surface area (Å²) in [6.07, 6.45) is 0. The maximum absolute atomic E-state index is 6.27. The molecule has 0 bridgehead atoms. The molecule has 0 amide bonds. The summed E-state index contributed by atoms with van der Waals surface area (Å²) < 4.78 is 0. The van der Waals surface area contributed by atoms with E-state index in [0.29, 0.717) is 0 Å². The number of nitrogens with one attached hydrogen (secondary N) is 1. The largest absolute Gasteiger partial charge is 0.311 e. The lowest BCUT2D eigenvalue weighted by molar-refractivity contribution is 0.640. The molecule has 0 saturated heterocycles. The van der Waals surface area contributed by atoms with Gasteiger partial charge in [0.1, 0.15) is 10.0 Å². The van der Waals surface area contributed by atoms with Crippen LogP contribution in [-0.4, -0.2) is 17.2 Å². The molecule has 0 saturated carbocycles. The zero-order chi connectivity index (χ0) is 12.4. The van der Waals surface area contributed by atoms with Crippen LogP contribution in [0.1, 0.15) is 23.5 Å². The first-order valence-corrected chi connectivity index (χ1v) is 6.59. The van der Waals surface area contributed by atoms with Gasteiger partial charge in [0.25, 0.3) is 0 Å². The van der Waals surface area contributed by atoms with E-state index in [4.69, 9.17) is 11.6 Å². The molecule has 1 atom stereocenters. The zero-order valence-electron chi connectivity index (χ0n) is 9.99. The summed E-state index contributed by atoms with van der Waals surface area (Å²) in [6, 6.07) is 6.16. The Kier molecular flexibility index (Phi) is 3.76. The number of aryl methyl sites for hydroxylation is 1. The molecule has 1 N–H and O–H groups in total. The Morgan fingerprint density at radius 2 is 2.12 bits per heavy atom. The average molecular weight is 268 g/mol. The van der Waals surface area contributed by atoms with Gasteiger partial charge in [-0.15, -0.1) is 10.2 Å². The fraction of sp³-hybridized carbons (Fsp3) is 0.333. The van der Waals surface area contributed by atoms with Gasteiger partial charge < -0.3 is 5.32 Å². The van der Waals surface area contributed by atoms with Crippen molar-refractivity contribution in [3.05, 3.63) is 33.8 Å². The van der Waals surface area contributed by atoms with Crippen molar-refractivity contribution in [2.75, 3.05) is 7.05 Å². The number of halogens is 1. The Morgan fingerprint density at radius 1 is 1.35 bits per heavy atom. The van der Waals surface area contributed by atoms with Crippen LogP contribution in [0.4, 0.5) is 0 Å². The minimum Gasteiger partial charge on any atom is -0.311 e. The van der Waals surface area contributed by atoms with Gasteiger partial charge in [-0.05, 0) is 26.5 Å². The van der Waals surface area contributed by atoms with Crippen molar-refractivity contribution in [2.24, 2.45) is 0 Å². The van der Waals surface area contributed by atoms with E-state index in [-0.39, 0.29) is 6.04 Å². The van der Waals surface area contributed by atoms with E-state index in [2.05, 4.69) is 22.4 Å². The average Bonchev–Trinajstić information content (AvgIpc) is 2.81. The molecule has 1 aromatic carbocycles. The fourth-order valence-electron chi connectivity index (χ4n) is 1.45. The summed E-state index contributed by atoms with van der Waals surface area (Å²) in [5.41, 5.74) is 2.02. The molecule has 0 aliphatic heterocycles. The molecular formula is C12H14ClN3S. The second-order valence-electron chi connectivity index (χ2n) is 3.89. The van der Waals surface area contributed by atoms with E-state index in [1.54, 1.807) is 11.3 Å². The molecule has 0 spiro atoms. The SMILES string of the molecule is CNC(C)c1nnc(-c2cccc(C)c2Cl)s1. The van der Waals surface area contributed by atoms with Gasteiger partial charge >= 0.3 is 0 Å². The smallest absolute Gasteiger partial charge is 0.149 e. The van der Waals surface area contributed by atoms with Gasteiger partial charge in [0, 0.05) is 5.56 Å². The summed E-state index contributed by atoms with van der Waals surface area (Å²) in [6.45, 7) is 4.05. The number of rotatable bonds is 3. The Bertz CT molecular complexity index is 524. The number of nitrogens with zero attached hydrogens (tertiary/aromatic N) is 2. The molecule has 0 fully saturated rings. The molecule has 2 rings (SSSR count). The Balaban J connectivity index is 2.40. The van der Waals surface area contributed by atoms with Crippen molar-refractivity contribution in [1.29, 1.82) is 0 Å². The number of benzene rings is 1. The van der Waals surface area contributed by atoms with Crippen LogP contribution < -0.4 is 5.32 Å². The topological polar surface area (TPSA) is 37.8 Å². The Labute approximate surface area is 110 Å². The summed E-state index contributed by atoms with van der Waals surface area (Å²) in [5, 5.41) is 14.1. The molecule has 0 aliphatic carbocycles. The first kappa shape index (κ1) is 12.5. The second kappa shape index (κ2) is 5.12. The third kappa shape index (κ3) is 2.49. The highest BCUT2D eigenvalue weighted by molar-refractivity contribution is 7.14. The molecule has 5 heteroatoms. The van der Waals surface area contributed by atoms with Gasteiger partial charge in [-0.25, -0.2) is 0 Å². The normalized spacial score (nSPS) is 12.7. The van der Waals surface area contributed by atoms with Crippen molar-refractivity contribution in [2.45, 2.75) is 19.9 Å². The highest BCUT2D eigenvalue weighted by atomic mass is 35.5. The van der Waals surface area contributed by atoms with Crippen LogP contribution in [0, 0.1) is 6.92 Å². The maximum atomic E-state index is 6.27. The van der Waals surface area contributed by atoms with Crippen LogP contribution in [0.2, 0.25) is 5.02 Å². The lowest BCUT2D eigenvalue weighted by atomic mass is 10.1. The van der Waals surface area contributed by atoms with Crippen LogP contribution in [0.25, 0.3) is 10.6 Å². The van der Waals surface area contributed by atoms with Crippen molar-refractivity contribution in [3.63, 3.8) is 0 Å². The quantitative estimate of drug-likeness (QED) is 0.926. The number of hydrogen-bond donors (Lipinski definition) is 1. The van der Waals surface area contributed by atoms with Crippen LogP contribution >= 0.6 is 22.9 Å². The first-order chi connectivity index (χ1) is 8.13. The minimum atomic E-state index is 0.213. The lowest BCUT2D eigenvalue weighted by Gasteiger charge is -2.04. The third-order valence-corrected chi connectivity index (χ3v) is 4.31. The predicted octanol–water partition coefficient (Wildman–Crippen LogP) is 3.45. The third-order valence-electron chi connectivity index (χ3n) is 2.67. The molecule has 17 heavy (non-hydrogen) atoms.